The van der Waals surface area contributed by atoms with Crippen LogP contribution in [-0.2, 0) is 11.2 Å². The van der Waals surface area contributed by atoms with Crippen molar-refractivity contribution in [3.05, 3.63) is 54.1 Å². The van der Waals surface area contributed by atoms with E-state index in [2.05, 4.69) is 38.1 Å². The second-order valence-electron chi connectivity index (χ2n) is 6.01. The number of nitrogens with one attached hydrogen (secondary N) is 2. The quantitative estimate of drug-likeness (QED) is 0.756. The minimum absolute atomic E-state index is 0.0767. The molecule has 0 spiro atoms. The van der Waals surface area contributed by atoms with Gasteiger partial charge < -0.3 is 9.88 Å². The largest absolute Gasteiger partial charge is 0.328 e. The highest BCUT2D eigenvalue weighted by atomic mass is 16.1. The molecule has 6 heteroatoms. The molecule has 3 rings (SSSR count). The van der Waals surface area contributed by atoms with E-state index in [1.165, 1.54) is 6.92 Å². The molecule has 0 radical (unpaired) electrons. The number of amides is 1. The van der Waals surface area contributed by atoms with Crippen LogP contribution in [0.15, 0.2) is 42.7 Å². The minimum atomic E-state index is -0.0767. The average Bonchev–Trinajstić information content (AvgIpc) is 3.16. The summed E-state index contributed by atoms with van der Waals surface area (Å²) in [6.07, 6.45) is 4.63. The number of aromatic amines is 1. The van der Waals surface area contributed by atoms with Gasteiger partial charge in [0.2, 0.25) is 5.91 Å². The number of carbonyl (C=O) groups excluding carboxylic acids is 1. The van der Waals surface area contributed by atoms with Crippen molar-refractivity contribution in [3.8, 4) is 11.4 Å². The molecule has 0 aliphatic carbocycles. The third-order valence-electron chi connectivity index (χ3n) is 3.87. The number of rotatable bonds is 5. The van der Waals surface area contributed by atoms with Crippen LogP contribution in [0.5, 0.6) is 0 Å². The molecular formula is C18H21N5O. The predicted molar refractivity (Wildman–Crippen MR) is 93.7 cm³/mol. The number of aryl methyl sites for hydroxylation is 1. The number of hydrogen-bond acceptors (Lipinski definition) is 3. The molecule has 2 N–H and O–H groups in total. The van der Waals surface area contributed by atoms with E-state index in [1.54, 1.807) is 0 Å². The topological polar surface area (TPSA) is 75.6 Å². The molecular weight excluding hydrogens is 302 g/mol. The second-order valence-corrected chi connectivity index (χ2v) is 6.01. The normalized spacial score (nSPS) is 12.1. The number of anilines is 1. The average molecular weight is 323 g/mol. The Bertz CT molecular complexity index is 831. The van der Waals surface area contributed by atoms with Gasteiger partial charge in [-0.05, 0) is 44.2 Å². The van der Waals surface area contributed by atoms with Crippen LogP contribution in [0.3, 0.4) is 0 Å². The Morgan fingerprint density at radius 1 is 1.33 bits per heavy atom. The predicted octanol–water partition coefficient (Wildman–Crippen LogP) is 3.34. The highest BCUT2D eigenvalue weighted by molar-refractivity contribution is 5.88. The molecule has 0 aliphatic rings. The number of hydrogen-bond donors (Lipinski definition) is 2. The van der Waals surface area contributed by atoms with Gasteiger partial charge in [-0.2, -0.15) is 5.10 Å². The van der Waals surface area contributed by atoms with Crippen LogP contribution in [0.1, 0.15) is 31.3 Å². The van der Waals surface area contributed by atoms with Crippen molar-refractivity contribution in [1.29, 1.82) is 0 Å². The third-order valence-corrected chi connectivity index (χ3v) is 3.87. The minimum Gasteiger partial charge on any atom is -0.328 e. The lowest BCUT2D eigenvalue weighted by molar-refractivity contribution is -0.114. The monoisotopic (exact) mass is 323 g/mol. The molecule has 2 heterocycles. The summed E-state index contributed by atoms with van der Waals surface area (Å²) in [5.74, 6) is 0.830. The number of nitrogens with zero attached hydrogens (tertiary/aromatic N) is 3. The summed E-state index contributed by atoms with van der Waals surface area (Å²) in [5.41, 5.74) is 3.90. The fourth-order valence-electron chi connectivity index (χ4n) is 2.78. The van der Waals surface area contributed by atoms with E-state index in [0.29, 0.717) is 0 Å². The lowest BCUT2D eigenvalue weighted by atomic mass is 10.1. The summed E-state index contributed by atoms with van der Waals surface area (Å²) in [7, 11) is 0. The Balaban J connectivity index is 1.80. The zero-order valence-corrected chi connectivity index (χ0v) is 14.1. The van der Waals surface area contributed by atoms with Gasteiger partial charge in [0.1, 0.15) is 5.82 Å². The van der Waals surface area contributed by atoms with Crippen molar-refractivity contribution in [1.82, 2.24) is 19.7 Å². The maximum atomic E-state index is 11.1. The van der Waals surface area contributed by atoms with Crippen molar-refractivity contribution in [2.24, 2.45) is 0 Å². The molecule has 124 valence electrons. The van der Waals surface area contributed by atoms with Gasteiger partial charge in [0.05, 0.1) is 5.69 Å². The van der Waals surface area contributed by atoms with Gasteiger partial charge in [0.25, 0.3) is 0 Å². The van der Waals surface area contributed by atoms with Crippen molar-refractivity contribution < 1.29 is 4.79 Å². The molecule has 0 saturated heterocycles. The van der Waals surface area contributed by atoms with Crippen LogP contribution in [-0.4, -0.2) is 25.7 Å². The van der Waals surface area contributed by atoms with Crippen molar-refractivity contribution in [2.45, 2.75) is 33.2 Å². The van der Waals surface area contributed by atoms with Crippen LogP contribution >= 0.6 is 0 Å². The SMILES string of the molecule is CC(=O)Nc1ccc(-c2nccn2[C@@H](C)Cc2cc(C)[nH]n2)cc1. The van der Waals surface area contributed by atoms with Crippen LogP contribution < -0.4 is 5.32 Å². The van der Waals surface area contributed by atoms with E-state index in [9.17, 15) is 4.79 Å². The lowest BCUT2D eigenvalue weighted by Crippen LogP contribution is -2.09. The molecule has 0 unspecified atom stereocenters. The van der Waals surface area contributed by atoms with Crippen LogP contribution in [0, 0.1) is 6.92 Å². The van der Waals surface area contributed by atoms with Crippen LogP contribution in [0.4, 0.5) is 5.69 Å². The highest BCUT2D eigenvalue weighted by Gasteiger charge is 2.13. The Kier molecular flexibility index (Phi) is 4.46. The maximum absolute atomic E-state index is 11.1. The lowest BCUT2D eigenvalue weighted by Gasteiger charge is -2.15. The van der Waals surface area contributed by atoms with E-state index in [-0.39, 0.29) is 11.9 Å². The fourth-order valence-corrected chi connectivity index (χ4v) is 2.78. The molecule has 1 aromatic carbocycles. The maximum Gasteiger partial charge on any atom is 0.221 e. The summed E-state index contributed by atoms with van der Waals surface area (Å²) in [4.78, 5) is 15.6. The highest BCUT2D eigenvalue weighted by Crippen LogP contribution is 2.24. The van der Waals surface area contributed by atoms with Gasteiger partial charge in [-0.1, -0.05) is 0 Å². The van der Waals surface area contributed by atoms with Crippen molar-refractivity contribution in [3.63, 3.8) is 0 Å². The molecule has 6 nitrogen and oxygen atoms in total. The van der Waals surface area contributed by atoms with E-state index >= 15 is 0 Å². The first-order valence-electron chi connectivity index (χ1n) is 7.94. The molecule has 0 fully saturated rings. The number of H-pyrrole nitrogens is 1. The zero-order valence-electron chi connectivity index (χ0n) is 14.1. The summed E-state index contributed by atoms with van der Waals surface area (Å²) < 4.78 is 2.15. The Hall–Kier alpha value is -2.89. The number of carbonyl (C=O) groups is 1. The van der Waals surface area contributed by atoms with E-state index in [4.69, 9.17) is 0 Å². The van der Waals surface area contributed by atoms with Crippen molar-refractivity contribution in [2.75, 3.05) is 5.32 Å². The van der Waals surface area contributed by atoms with Gasteiger partial charge in [-0.3, -0.25) is 9.89 Å². The Morgan fingerprint density at radius 2 is 2.08 bits per heavy atom. The van der Waals surface area contributed by atoms with E-state index in [1.807, 2.05) is 43.6 Å². The number of imidazole rings is 1. The smallest absolute Gasteiger partial charge is 0.221 e. The number of aromatic nitrogens is 4. The summed E-state index contributed by atoms with van der Waals surface area (Å²) in [6.45, 7) is 5.65. The van der Waals surface area contributed by atoms with Gasteiger partial charge in [-0.25, -0.2) is 4.98 Å². The molecule has 3 aromatic rings. The summed E-state index contributed by atoms with van der Waals surface area (Å²) >= 11 is 0. The molecule has 24 heavy (non-hydrogen) atoms. The van der Waals surface area contributed by atoms with Gasteiger partial charge >= 0.3 is 0 Å². The van der Waals surface area contributed by atoms with E-state index < -0.39 is 0 Å². The van der Waals surface area contributed by atoms with Gasteiger partial charge in [-0.15, -0.1) is 0 Å². The third kappa shape index (κ3) is 3.53. The number of benzene rings is 1. The molecule has 1 amide bonds. The van der Waals surface area contributed by atoms with Gasteiger partial charge in [0.15, 0.2) is 0 Å². The molecule has 1 atom stereocenters. The molecule has 0 aliphatic heterocycles. The summed E-state index contributed by atoms with van der Waals surface area (Å²) in [6, 6.07) is 10.0. The fraction of sp³-hybridized carbons (Fsp3) is 0.278. The van der Waals surface area contributed by atoms with Gasteiger partial charge in [0, 0.05) is 48.7 Å². The van der Waals surface area contributed by atoms with Crippen molar-refractivity contribution >= 4 is 11.6 Å². The van der Waals surface area contributed by atoms with Crippen LogP contribution in [0.2, 0.25) is 0 Å². The first kappa shape index (κ1) is 16.0. The Labute approximate surface area is 140 Å². The van der Waals surface area contributed by atoms with E-state index in [0.717, 1.165) is 34.9 Å². The second kappa shape index (κ2) is 6.70. The Morgan fingerprint density at radius 3 is 2.71 bits per heavy atom. The standard InChI is InChI=1S/C18H21N5O/c1-12-10-17(22-21-12)11-13(2)23-9-8-19-18(23)15-4-6-16(7-5-15)20-14(3)24/h4-10,13H,11H2,1-3H3,(H,20,24)(H,21,22)/t13-/m0/s1. The molecule has 0 saturated carbocycles. The molecule has 2 aromatic heterocycles. The first-order valence-corrected chi connectivity index (χ1v) is 7.94. The van der Waals surface area contributed by atoms with Crippen LogP contribution in [0.25, 0.3) is 11.4 Å². The summed E-state index contributed by atoms with van der Waals surface area (Å²) in [5, 5.41) is 10.1. The molecule has 0 bridgehead atoms. The first-order chi connectivity index (χ1) is 11.5. The zero-order chi connectivity index (χ0) is 17.1.